The zero-order valence-corrected chi connectivity index (χ0v) is 65.8. The van der Waals surface area contributed by atoms with Crippen molar-refractivity contribution in [3.63, 3.8) is 0 Å². The number of carboxylic acids is 1. The zero-order valence-electron chi connectivity index (χ0n) is 65.8. The average Bonchev–Trinajstić information content (AvgIpc) is 1.08. The average molecular weight is 1390 g/mol. The first-order valence-corrected chi connectivity index (χ1v) is 41.8. The molecule has 0 aromatic heterocycles. The Morgan fingerprint density at radius 3 is 0.850 bits per heavy atom. The molecule has 2 atom stereocenters. The number of esters is 2. The van der Waals surface area contributed by atoms with Crippen LogP contribution in [-0.4, -0.2) is 87.4 Å². The van der Waals surface area contributed by atoms with E-state index in [0.29, 0.717) is 23.9 Å². The predicted molar refractivity (Wildman–Crippen MR) is 433 cm³/mol. The maximum Gasteiger partial charge on any atom is 0.361 e. The largest absolute Gasteiger partial charge is 0.477 e. The van der Waals surface area contributed by atoms with Crippen LogP contribution in [0.2, 0.25) is 0 Å². The molecule has 100 heavy (non-hydrogen) atoms. The maximum absolute atomic E-state index is 13.0. The number of likely N-dealkylation sites (N-methyl/N-ethyl adjacent to an activating group) is 1. The van der Waals surface area contributed by atoms with Gasteiger partial charge in [-0.05, 0) is 96.3 Å². The number of ether oxygens (including phenoxy) is 4. The summed E-state index contributed by atoms with van der Waals surface area (Å²) in [7, 11) is 5.98. The summed E-state index contributed by atoms with van der Waals surface area (Å²) in [6, 6.07) is 0. The van der Waals surface area contributed by atoms with Crippen LogP contribution in [0.3, 0.4) is 0 Å². The molecule has 0 spiro atoms. The van der Waals surface area contributed by atoms with E-state index in [0.717, 1.165) is 122 Å². The van der Waals surface area contributed by atoms with Gasteiger partial charge in [0.1, 0.15) is 13.2 Å². The molecule has 0 rings (SSSR count). The molecule has 0 aliphatic rings. The Labute approximate surface area is 618 Å². The van der Waals surface area contributed by atoms with Gasteiger partial charge in [0.2, 0.25) is 0 Å². The fourth-order valence-electron chi connectivity index (χ4n) is 11.8. The van der Waals surface area contributed by atoms with E-state index in [1.165, 1.54) is 212 Å². The van der Waals surface area contributed by atoms with Crippen molar-refractivity contribution in [2.24, 2.45) is 0 Å². The van der Waals surface area contributed by atoms with Gasteiger partial charge in [-0.25, -0.2) is 4.79 Å². The minimum Gasteiger partial charge on any atom is -0.477 e. The summed E-state index contributed by atoms with van der Waals surface area (Å²) in [6.45, 7) is 4.78. The van der Waals surface area contributed by atoms with Crippen molar-refractivity contribution < 1.29 is 42.9 Å². The van der Waals surface area contributed by atoms with Gasteiger partial charge in [0.05, 0.1) is 34.4 Å². The topological polar surface area (TPSA) is 108 Å². The molecular weight excluding hydrogens is 1230 g/mol. The molecular formula is C91H158NO8+. The predicted octanol–water partition coefficient (Wildman–Crippen LogP) is 27.2. The lowest BCUT2D eigenvalue weighted by Crippen LogP contribution is -2.40. The lowest BCUT2D eigenvalue weighted by atomic mass is 10.0. The first kappa shape index (κ1) is 95.4. The van der Waals surface area contributed by atoms with Gasteiger partial charge in [-0.2, -0.15) is 0 Å². The summed E-state index contributed by atoms with van der Waals surface area (Å²) in [5.41, 5.74) is 0. The second kappa shape index (κ2) is 80.1. The van der Waals surface area contributed by atoms with Crippen LogP contribution in [0.15, 0.2) is 134 Å². The highest BCUT2D eigenvalue weighted by atomic mass is 16.7. The first-order valence-electron chi connectivity index (χ1n) is 41.8. The van der Waals surface area contributed by atoms with Gasteiger partial charge in [-0.15, -0.1) is 0 Å². The van der Waals surface area contributed by atoms with Gasteiger partial charge >= 0.3 is 17.9 Å². The molecule has 0 aromatic carbocycles. The third-order valence-corrected chi connectivity index (χ3v) is 18.2. The highest BCUT2D eigenvalue weighted by Gasteiger charge is 2.25. The van der Waals surface area contributed by atoms with E-state index in [-0.39, 0.29) is 32.2 Å². The van der Waals surface area contributed by atoms with Crippen molar-refractivity contribution >= 4 is 17.9 Å². The number of allylic oxidation sites excluding steroid dienone is 22. The summed E-state index contributed by atoms with van der Waals surface area (Å²) in [5, 5.41) is 9.78. The number of aliphatic carboxylic acids is 1. The maximum atomic E-state index is 13.0. The Balaban J connectivity index is 4.08. The van der Waals surface area contributed by atoms with Crippen molar-refractivity contribution in [2.75, 3.05) is 47.5 Å². The van der Waals surface area contributed by atoms with Crippen LogP contribution in [0, 0.1) is 0 Å². The molecule has 0 heterocycles. The number of quaternary nitrogens is 1. The van der Waals surface area contributed by atoms with Crippen LogP contribution < -0.4 is 0 Å². The normalized spacial score (nSPS) is 13.3. The molecule has 0 fully saturated rings. The van der Waals surface area contributed by atoms with Crippen molar-refractivity contribution in [2.45, 2.75) is 379 Å². The van der Waals surface area contributed by atoms with Gasteiger partial charge in [0.25, 0.3) is 6.29 Å². The molecule has 574 valence electrons. The van der Waals surface area contributed by atoms with Gasteiger partial charge < -0.3 is 28.5 Å². The molecule has 0 saturated heterocycles. The third kappa shape index (κ3) is 80.7. The molecule has 0 amide bonds. The Morgan fingerprint density at radius 2 is 0.570 bits per heavy atom. The molecule has 1 N–H and O–H groups in total. The molecule has 0 bridgehead atoms. The Hall–Kier alpha value is -4.57. The Kier molecular flexibility index (Phi) is 76.5. The van der Waals surface area contributed by atoms with Crippen molar-refractivity contribution in [1.82, 2.24) is 0 Å². The quantitative estimate of drug-likeness (QED) is 0.0211. The number of unbranched alkanes of at least 4 members (excludes halogenated alkanes) is 40. The first-order chi connectivity index (χ1) is 49.1. The smallest absolute Gasteiger partial charge is 0.361 e. The number of carbonyl (C=O) groups is 3. The number of hydrogen-bond acceptors (Lipinski definition) is 7. The Morgan fingerprint density at radius 1 is 0.310 bits per heavy atom. The van der Waals surface area contributed by atoms with E-state index in [1.54, 1.807) is 0 Å². The highest BCUT2D eigenvalue weighted by Crippen LogP contribution is 2.19. The van der Waals surface area contributed by atoms with E-state index in [9.17, 15) is 19.5 Å². The molecule has 9 nitrogen and oxygen atoms in total. The van der Waals surface area contributed by atoms with Gasteiger partial charge in [-0.1, -0.05) is 392 Å². The van der Waals surface area contributed by atoms with Crippen LogP contribution in [0.1, 0.15) is 367 Å². The molecule has 0 aliphatic heterocycles. The van der Waals surface area contributed by atoms with Gasteiger partial charge in [-0.3, -0.25) is 9.59 Å². The summed E-state index contributed by atoms with van der Waals surface area (Å²) in [5.74, 6) is -2.03. The fourth-order valence-corrected chi connectivity index (χ4v) is 11.8. The SMILES string of the molecule is CC/C=C\C/C=C\C/C=C\C/C=C\C/C=C\C/C=C\C/C=C\C/C=C\C/C=C\C/C=C\C/C=C\CCCCCCCC(=O)OC(COC(=O)CCCCCCCCCCCCCCCCCCCCCCCCCCCCCCCCCCCCCC)COC(OCC[N+](C)(C)C)C(=O)O. The summed E-state index contributed by atoms with van der Waals surface area (Å²) in [4.78, 5) is 37.8. The van der Waals surface area contributed by atoms with Crippen LogP contribution in [0.4, 0.5) is 0 Å². The minimum atomic E-state index is -1.52. The molecule has 0 aromatic rings. The van der Waals surface area contributed by atoms with Crippen molar-refractivity contribution in [3.8, 4) is 0 Å². The Bertz CT molecular complexity index is 2120. The number of hydrogen-bond donors (Lipinski definition) is 1. The number of carboxylic acid groups (broad SMARTS) is 1. The standard InChI is InChI=1S/C91H157NO8/c1-6-8-10-12-14-16-18-20-22-24-26-28-30-32-34-36-38-40-42-44-45-46-48-50-52-54-56-58-60-62-64-66-68-70-72-74-76-78-80-82-89(94)100-87(86-99-91(90(95)96)97-84-83-92(3,4)5)85-98-88(93)81-79-77-75-73-71-69-67-65-63-61-59-57-55-53-51-49-47-43-41-39-37-35-33-31-29-27-25-23-21-19-17-15-13-11-9-7-2/h8,10,14,16,20,22,26,28,32,34,38,40,44-45,48,50,54,56,60,62,66,68,87,91H,6-7,9,11-13,15,17-19,21,23-25,27,29-31,33,35-37,39,41-43,46-47,49,51-53,55,57-59,61,63-65,67,69-86H2,1-5H3/p+1/b10-8-,16-14-,22-20-,28-26-,34-32-,40-38-,45-44-,50-48-,56-54-,62-60-,68-66-. The molecule has 2 unspecified atom stereocenters. The van der Waals surface area contributed by atoms with E-state index in [4.69, 9.17) is 18.9 Å². The van der Waals surface area contributed by atoms with Crippen molar-refractivity contribution in [3.05, 3.63) is 134 Å². The molecule has 0 aliphatic carbocycles. The van der Waals surface area contributed by atoms with E-state index in [2.05, 4.69) is 148 Å². The van der Waals surface area contributed by atoms with Crippen LogP contribution in [0.5, 0.6) is 0 Å². The van der Waals surface area contributed by atoms with E-state index in [1.807, 2.05) is 21.1 Å². The van der Waals surface area contributed by atoms with E-state index >= 15 is 0 Å². The summed E-state index contributed by atoms with van der Waals surface area (Å²) in [6.07, 6.45) is 113. The lowest BCUT2D eigenvalue weighted by Gasteiger charge is -2.25. The zero-order chi connectivity index (χ0) is 72.5. The highest BCUT2D eigenvalue weighted by molar-refractivity contribution is 5.71. The monoisotopic (exact) mass is 1390 g/mol. The lowest BCUT2D eigenvalue weighted by molar-refractivity contribution is -0.870. The third-order valence-electron chi connectivity index (χ3n) is 18.2. The van der Waals surface area contributed by atoms with Crippen LogP contribution in [0.25, 0.3) is 0 Å². The fraction of sp³-hybridized carbons (Fsp3) is 0.725. The molecule has 9 heteroatoms. The van der Waals surface area contributed by atoms with Crippen LogP contribution in [-0.2, 0) is 33.3 Å². The van der Waals surface area contributed by atoms with E-state index < -0.39 is 24.3 Å². The van der Waals surface area contributed by atoms with Gasteiger partial charge in [0, 0.05) is 12.8 Å². The van der Waals surface area contributed by atoms with Crippen molar-refractivity contribution in [1.29, 1.82) is 0 Å². The summed E-state index contributed by atoms with van der Waals surface area (Å²) >= 11 is 0. The molecule has 0 radical (unpaired) electrons. The minimum absolute atomic E-state index is 0.179. The number of rotatable bonds is 77. The number of nitrogens with zero attached hydrogens (tertiary/aromatic N) is 1. The second-order valence-electron chi connectivity index (χ2n) is 29.1. The molecule has 0 saturated carbocycles. The second-order valence-corrected chi connectivity index (χ2v) is 29.1. The van der Waals surface area contributed by atoms with Gasteiger partial charge in [0.15, 0.2) is 6.10 Å². The van der Waals surface area contributed by atoms with Crippen LogP contribution >= 0.6 is 0 Å². The number of carbonyl (C=O) groups excluding carboxylic acids is 2. The summed E-state index contributed by atoms with van der Waals surface area (Å²) < 4.78 is 23.0.